The van der Waals surface area contributed by atoms with Crippen LogP contribution < -0.4 is 9.47 Å². The predicted octanol–water partition coefficient (Wildman–Crippen LogP) is 6.47. The van der Waals surface area contributed by atoms with Crippen LogP contribution in [0.15, 0.2) is 48.5 Å². The van der Waals surface area contributed by atoms with Crippen molar-refractivity contribution < 1.29 is 19.3 Å². The number of rotatable bonds is 16. The zero-order chi connectivity index (χ0) is 22.3. The summed E-state index contributed by atoms with van der Waals surface area (Å²) in [6.07, 6.45) is 9.98. The highest BCUT2D eigenvalue weighted by atomic mass is 16.6. The highest BCUT2D eigenvalue weighted by Crippen LogP contribution is 2.20. The van der Waals surface area contributed by atoms with Gasteiger partial charge in [0.1, 0.15) is 11.5 Å². The van der Waals surface area contributed by atoms with Crippen molar-refractivity contribution in [2.24, 2.45) is 0 Å². The lowest BCUT2D eigenvalue weighted by molar-refractivity contribution is -0.385. The zero-order valence-corrected chi connectivity index (χ0v) is 17.7. The molecule has 168 valence electrons. The van der Waals surface area contributed by atoms with Crippen LogP contribution in [0.5, 0.6) is 11.5 Å². The largest absolute Gasteiger partial charge is 0.493 e. The number of unbranched alkanes of at least 4 members (excludes halogenated alkanes) is 8. The third kappa shape index (κ3) is 9.93. The van der Waals surface area contributed by atoms with Gasteiger partial charge in [-0.1, -0.05) is 57.1 Å². The zero-order valence-electron chi connectivity index (χ0n) is 17.7. The van der Waals surface area contributed by atoms with Crippen molar-refractivity contribution in [3.63, 3.8) is 0 Å². The van der Waals surface area contributed by atoms with Crippen molar-refractivity contribution in [2.45, 2.75) is 57.8 Å². The van der Waals surface area contributed by atoms with Crippen LogP contribution in [0, 0.1) is 20.2 Å². The minimum atomic E-state index is -0.419. The van der Waals surface area contributed by atoms with E-state index in [1.807, 2.05) is 0 Å². The predicted molar refractivity (Wildman–Crippen MR) is 119 cm³/mol. The minimum absolute atomic E-state index is 0.0492. The first kappa shape index (κ1) is 24.1. The van der Waals surface area contributed by atoms with Crippen LogP contribution in [0.2, 0.25) is 0 Å². The molecule has 0 fully saturated rings. The molecule has 0 amide bonds. The fourth-order valence-electron chi connectivity index (χ4n) is 3.20. The van der Waals surface area contributed by atoms with Crippen molar-refractivity contribution in [2.75, 3.05) is 13.2 Å². The van der Waals surface area contributed by atoms with Crippen LogP contribution in [0.25, 0.3) is 0 Å². The molecule has 0 spiro atoms. The molecule has 31 heavy (non-hydrogen) atoms. The number of hydrogen-bond acceptors (Lipinski definition) is 6. The Bertz CT molecular complexity index is 760. The normalized spacial score (nSPS) is 10.6. The van der Waals surface area contributed by atoms with Gasteiger partial charge in [0.2, 0.25) is 0 Å². The van der Waals surface area contributed by atoms with Crippen molar-refractivity contribution in [1.82, 2.24) is 0 Å². The maximum atomic E-state index is 10.7. The molecule has 8 nitrogen and oxygen atoms in total. The summed E-state index contributed by atoms with van der Waals surface area (Å²) in [5, 5.41) is 21.5. The molecule has 0 heterocycles. The summed E-state index contributed by atoms with van der Waals surface area (Å²) in [5.41, 5.74) is 0.0983. The molecule has 2 rings (SSSR count). The molecule has 0 saturated heterocycles. The van der Waals surface area contributed by atoms with Crippen molar-refractivity contribution >= 4 is 11.4 Å². The molecule has 0 aliphatic carbocycles. The summed E-state index contributed by atoms with van der Waals surface area (Å²) in [7, 11) is 0. The van der Waals surface area contributed by atoms with E-state index in [-0.39, 0.29) is 11.4 Å². The molecule has 0 bridgehead atoms. The average Bonchev–Trinajstić information content (AvgIpc) is 2.77. The molecule has 0 aliphatic rings. The highest BCUT2D eigenvalue weighted by Gasteiger charge is 2.07. The topological polar surface area (TPSA) is 105 Å². The first-order valence-corrected chi connectivity index (χ1v) is 10.8. The summed E-state index contributed by atoms with van der Waals surface area (Å²) in [4.78, 5) is 20.6. The monoisotopic (exact) mass is 430 g/mol. The Hall–Kier alpha value is -3.16. The van der Waals surface area contributed by atoms with Gasteiger partial charge in [-0.25, -0.2) is 0 Å². The second kappa shape index (κ2) is 14.0. The van der Waals surface area contributed by atoms with E-state index in [2.05, 4.69) is 0 Å². The molecule has 2 aromatic rings. The van der Waals surface area contributed by atoms with E-state index >= 15 is 0 Å². The van der Waals surface area contributed by atoms with Gasteiger partial charge in [0.05, 0.1) is 35.2 Å². The Morgan fingerprint density at radius 2 is 0.935 bits per heavy atom. The summed E-state index contributed by atoms with van der Waals surface area (Å²) in [5.74, 6) is 1.09. The third-order valence-corrected chi connectivity index (χ3v) is 4.88. The number of ether oxygens (including phenoxy) is 2. The van der Waals surface area contributed by atoms with E-state index in [4.69, 9.17) is 9.47 Å². The van der Waals surface area contributed by atoms with E-state index in [9.17, 15) is 20.2 Å². The van der Waals surface area contributed by atoms with E-state index < -0.39 is 9.85 Å². The fraction of sp³-hybridized carbons (Fsp3) is 0.478. The first-order chi connectivity index (χ1) is 15.1. The van der Waals surface area contributed by atoms with Gasteiger partial charge in [0, 0.05) is 12.1 Å². The Balaban J connectivity index is 1.40. The molecule has 0 N–H and O–H groups in total. The highest BCUT2D eigenvalue weighted by molar-refractivity contribution is 5.38. The van der Waals surface area contributed by atoms with Crippen molar-refractivity contribution in [1.29, 1.82) is 0 Å². The van der Waals surface area contributed by atoms with Gasteiger partial charge < -0.3 is 9.47 Å². The molecule has 2 aromatic carbocycles. The lowest BCUT2D eigenvalue weighted by Crippen LogP contribution is -1.98. The number of nitrogens with zero attached hydrogens (tertiary/aromatic N) is 2. The summed E-state index contributed by atoms with van der Waals surface area (Å²) >= 11 is 0. The number of nitro benzene ring substituents is 2. The van der Waals surface area contributed by atoms with Crippen molar-refractivity contribution in [3.05, 3.63) is 68.8 Å². The average molecular weight is 431 g/mol. The maximum absolute atomic E-state index is 10.7. The summed E-state index contributed by atoms with van der Waals surface area (Å²) < 4.78 is 11.2. The molecular weight excluding hydrogens is 400 g/mol. The second-order valence-electron chi connectivity index (χ2n) is 7.39. The maximum Gasteiger partial charge on any atom is 0.273 e. The lowest BCUT2D eigenvalue weighted by Gasteiger charge is -2.07. The van der Waals surface area contributed by atoms with Crippen molar-refractivity contribution in [3.8, 4) is 11.5 Å². The number of nitro groups is 2. The minimum Gasteiger partial charge on any atom is -0.493 e. The van der Waals surface area contributed by atoms with Crippen LogP contribution in [-0.2, 0) is 0 Å². The molecule has 0 unspecified atom stereocenters. The Morgan fingerprint density at radius 1 is 0.581 bits per heavy atom. The molecule has 0 atom stereocenters. The Labute approximate surface area is 182 Å². The van der Waals surface area contributed by atoms with Crippen LogP contribution in [0.3, 0.4) is 0 Å². The molecule has 0 radical (unpaired) electrons. The lowest BCUT2D eigenvalue weighted by atomic mass is 10.1. The SMILES string of the molecule is O=[N+]([O-])c1cccc(OCCCCCCCCCCCOc2cccc([N+](=O)[O-])c2)c1. The van der Waals surface area contributed by atoms with Crippen LogP contribution >= 0.6 is 0 Å². The first-order valence-electron chi connectivity index (χ1n) is 10.8. The van der Waals surface area contributed by atoms with Gasteiger partial charge in [-0.15, -0.1) is 0 Å². The number of benzene rings is 2. The second-order valence-corrected chi connectivity index (χ2v) is 7.39. The molecule has 8 heteroatoms. The Kier molecular flexibility index (Phi) is 10.9. The van der Waals surface area contributed by atoms with Gasteiger partial charge >= 0.3 is 0 Å². The van der Waals surface area contributed by atoms with E-state index in [0.717, 1.165) is 38.5 Å². The van der Waals surface area contributed by atoms with Gasteiger partial charge in [-0.2, -0.15) is 0 Å². The third-order valence-electron chi connectivity index (χ3n) is 4.88. The summed E-state index contributed by atoms with van der Waals surface area (Å²) in [6.45, 7) is 1.15. The fourth-order valence-corrected chi connectivity index (χ4v) is 3.20. The number of non-ortho nitro benzene ring substituents is 2. The quantitative estimate of drug-likeness (QED) is 0.172. The van der Waals surface area contributed by atoms with E-state index in [1.54, 1.807) is 24.3 Å². The molecular formula is C23H30N2O6. The van der Waals surface area contributed by atoms with Crippen LogP contribution in [0.1, 0.15) is 57.8 Å². The standard InChI is InChI=1S/C23H30N2O6/c26-24(27)20-12-10-14-22(18-20)30-16-8-6-4-2-1-3-5-7-9-17-31-23-15-11-13-21(19-23)25(28)29/h10-15,18-19H,1-9,16-17H2. The van der Waals surface area contributed by atoms with E-state index in [0.29, 0.717) is 24.7 Å². The molecule has 0 aromatic heterocycles. The summed E-state index contributed by atoms with van der Waals surface area (Å²) in [6, 6.07) is 12.6. The number of hydrogen-bond donors (Lipinski definition) is 0. The van der Waals surface area contributed by atoms with Gasteiger partial charge in [0.25, 0.3) is 11.4 Å². The smallest absolute Gasteiger partial charge is 0.273 e. The van der Waals surface area contributed by atoms with Crippen LogP contribution in [-0.4, -0.2) is 23.1 Å². The van der Waals surface area contributed by atoms with Gasteiger partial charge in [-0.3, -0.25) is 20.2 Å². The molecule has 0 aliphatic heterocycles. The van der Waals surface area contributed by atoms with Crippen LogP contribution in [0.4, 0.5) is 11.4 Å². The Morgan fingerprint density at radius 3 is 1.29 bits per heavy atom. The van der Waals surface area contributed by atoms with E-state index in [1.165, 1.54) is 43.5 Å². The van der Waals surface area contributed by atoms with Gasteiger partial charge in [-0.05, 0) is 25.0 Å². The molecule has 0 saturated carbocycles. The van der Waals surface area contributed by atoms with Gasteiger partial charge in [0.15, 0.2) is 0 Å².